The summed E-state index contributed by atoms with van der Waals surface area (Å²) in [5.74, 6) is 0.851. The molecule has 0 aliphatic rings. The Morgan fingerprint density at radius 2 is 1.71 bits per heavy atom. The lowest BCUT2D eigenvalue weighted by molar-refractivity contribution is 0.0982. The number of hydrogen-bond acceptors (Lipinski definition) is 1. The summed E-state index contributed by atoms with van der Waals surface area (Å²) in [5, 5.41) is 0. The van der Waals surface area contributed by atoms with Crippen molar-refractivity contribution in [2.75, 3.05) is 0 Å². The van der Waals surface area contributed by atoms with Crippen molar-refractivity contribution in [2.45, 2.75) is 40.0 Å². The van der Waals surface area contributed by atoms with Gasteiger partial charge in [-0.05, 0) is 42.9 Å². The number of aryl methyl sites for hydroxylation is 2. The van der Waals surface area contributed by atoms with Gasteiger partial charge in [-0.2, -0.15) is 0 Å². The zero-order chi connectivity index (χ0) is 15.2. The van der Waals surface area contributed by atoms with Gasteiger partial charge in [0.15, 0.2) is 5.78 Å². The fraction of sp³-hybridized carbons (Fsp3) is 0.350. The highest BCUT2D eigenvalue weighted by atomic mass is 16.1. The topological polar surface area (TPSA) is 17.1 Å². The van der Waals surface area contributed by atoms with Crippen molar-refractivity contribution in [3.8, 4) is 0 Å². The summed E-state index contributed by atoms with van der Waals surface area (Å²) in [6.07, 6.45) is 2.42. The van der Waals surface area contributed by atoms with E-state index in [9.17, 15) is 4.79 Å². The summed E-state index contributed by atoms with van der Waals surface area (Å²) in [5.41, 5.74) is 4.59. The quantitative estimate of drug-likeness (QED) is 0.680. The van der Waals surface area contributed by atoms with E-state index in [1.807, 2.05) is 12.1 Å². The maximum Gasteiger partial charge on any atom is 0.163 e. The molecule has 2 aromatic carbocycles. The SMILES string of the molecule is Cc1ccc(CCC(=O)c2cccc(CC(C)C)c2)cc1. The molecule has 1 heteroatoms. The Hall–Kier alpha value is -1.89. The summed E-state index contributed by atoms with van der Waals surface area (Å²) in [7, 11) is 0. The van der Waals surface area contributed by atoms with Gasteiger partial charge >= 0.3 is 0 Å². The number of rotatable bonds is 6. The van der Waals surface area contributed by atoms with Crippen molar-refractivity contribution in [3.05, 3.63) is 70.8 Å². The number of ketones is 1. The van der Waals surface area contributed by atoms with Crippen LogP contribution < -0.4 is 0 Å². The van der Waals surface area contributed by atoms with Crippen molar-refractivity contribution in [1.82, 2.24) is 0 Å². The van der Waals surface area contributed by atoms with Gasteiger partial charge in [0, 0.05) is 12.0 Å². The Morgan fingerprint density at radius 3 is 2.38 bits per heavy atom. The fourth-order valence-corrected chi connectivity index (χ4v) is 2.50. The van der Waals surface area contributed by atoms with Gasteiger partial charge in [0.25, 0.3) is 0 Å². The van der Waals surface area contributed by atoms with Crippen LogP contribution in [0.25, 0.3) is 0 Å². The summed E-state index contributed by atoms with van der Waals surface area (Å²) in [6, 6.07) is 16.5. The van der Waals surface area contributed by atoms with Crippen LogP contribution in [0.1, 0.15) is 47.3 Å². The van der Waals surface area contributed by atoms with Gasteiger partial charge in [-0.15, -0.1) is 0 Å². The van der Waals surface area contributed by atoms with Crippen LogP contribution in [-0.4, -0.2) is 5.78 Å². The van der Waals surface area contributed by atoms with Crippen LogP contribution in [0.3, 0.4) is 0 Å². The molecule has 0 bridgehead atoms. The Labute approximate surface area is 128 Å². The van der Waals surface area contributed by atoms with Crippen molar-refractivity contribution >= 4 is 5.78 Å². The van der Waals surface area contributed by atoms with E-state index in [0.717, 1.165) is 18.4 Å². The number of carbonyl (C=O) groups is 1. The molecule has 0 atom stereocenters. The van der Waals surface area contributed by atoms with Crippen LogP contribution >= 0.6 is 0 Å². The molecule has 2 rings (SSSR count). The third-order valence-electron chi connectivity index (χ3n) is 3.65. The molecule has 0 aliphatic heterocycles. The largest absolute Gasteiger partial charge is 0.294 e. The normalized spacial score (nSPS) is 10.9. The standard InChI is InChI=1S/C20H24O/c1-15(2)13-18-5-4-6-19(14-18)20(21)12-11-17-9-7-16(3)8-10-17/h4-10,14-15H,11-13H2,1-3H3. The van der Waals surface area contributed by atoms with E-state index in [4.69, 9.17) is 0 Å². The van der Waals surface area contributed by atoms with E-state index in [1.54, 1.807) is 0 Å². The molecular weight excluding hydrogens is 256 g/mol. The van der Waals surface area contributed by atoms with E-state index in [0.29, 0.717) is 12.3 Å². The minimum Gasteiger partial charge on any atom is -0.294 e. The average molecular weight is 280 g/mol. The molecule has 0 fully saturated rings. The first-order valence-electron chi connectivity index (χ1n) is 7.72. The molecular formula is C20H24O. The van der Waals surface area contributed by atoms with Crippen molar-refractivity contribution in [3.63, 3.8) is 0 Å². The first-order chi connectivity index (χ1) is 10.0. The minimum absolute atomic E-state index is 0.237. The van der Waals surface area contributed by atoms with Gasteiger partial charge in [-0.1, -0.05) is 61.9 Å². The number of Topliss-reactive ketones (excluding diaryl/α,β-unsaturated/α-hetero) is 1. The zero-order valence-electron chi connectivity index (χ0n) is 13.2. The predicted molar refractivity (Wildman–Crippen MR) is 88.8 cm³/mol. The van der Waals surface area contributed by atoms with Crippen LogP contribution in [-0.2, 0) is 12.8 Å². The second-order valence-corrected chi connectivity index (χ2v) is 6.21. The van der Waals surface area contributed by atoms with E-state index >= 15 is 0 Å². The molecule has 110 valence electrons. The van der Waals surface area contributed by atoms with E-state index < -0.39 is 0 Å². The van der Waals surface area contributed by atoms with Gasteiger partial charge in [0.1, 0.15) is 0 Å². The molecule has 21 heavy (non-hydrogen) atoms. The van der Waals surface area contributed by atoms with Crippen molar-refractivity contribution in [1.29, 1.82) is 0 Å². The lowest BCUT2D eigenvalue weighted by Gasteiger charge is -2.07. The molecule has 0 aromatic heterocycles. The first-order valence-corrected chi connectivity index (χ1v) is 7.72. The molecule has 0 saturated heterocycles. The van der Waals surface area contributed by atoms with E-state index in [-0.39, 0.29) is 5.78 Å². The Morgan fingerprint density at radius 1 is 1.00 bits per heavy atom. The lowest BCUT2D eigenvalue weighted by Crippen LogP contribution is -2.03. The molecule has 0 saturated carbocycles. The smallest absolute Gasteiger partial charge is 0.163 e. The third-order valence-corrected chi connectivity index (χ3v) is 3.65. The predicted octanol–water partition coefficient (Wildman–Crippen LogP) is 5.01. The van der Waals surface area contributed by atoms with Gasteiger partial charge in [-0.25, -0.2) is 0 Å². The number of benzene rings is 2. The molecule has 0 spiro atoms. The Kier molecular flexibility index (Phi) is 5.32. The van der Waals surface area contributed by atoms with Gasteiger partial charge in [0.2, 0.25) is 0 Å². The highest BCUT2D eigenvalue weighted by Crippen LogP contribution is 2.14. The van der Waals surface area contributed by atoms with Gasteiger partial charge in [0.05, 0.1) is 0 Å². The van der Waals surface area contributed by atoms with Gasteiger partial charge < -0.3 is 0 Å². The molecule has 2 aromatic rings. The molecule has 1 nitrogen and oxygen atoms in total. The van der Waals surface area contributed by atoms with Crippen LogP contribution in [0.15, 0.2) is 48.5 Å². The van der Waals surface area contributed by atoms with Crippen LogP contribution in [0.2, 0.25) is 0 Å². The highest BCUT2D eigenvalue weighted by molar-refractivity contribution is 5.96. The second-order valence-electron chi connectivity index (χ2n) is 6.21. The van der Waals surface area contributed by atoms with E-state index in [2.05, 4.69) is 57.2 Å². The molecule has 0 N–H and O–H groups in total. The number of carbonyl (C=O) groups excluding carboxylic acids is 1. The van der Waals surface area contributed by atoms with Crippen LogP contribution in [0.4, 0.5) is 0 Å². The molecule has 0 amide bonds. The van der Waals surface area contributed by atoms with E-state index in [1.165, 1.54) is 16.7 Å². The maximum atomic E-state index is 12.3. The van der Waals surface area contributed by atoms with Crippen LogP contribution in [0.5, 0.6) is 0 Å². The summed E-state index contributed by atoms with van der Waals surface area (Å²) in [6.45, 7) is 6.48. The summed E-state index contributed by atoms with van der Waals surface area (Å²) >= 11 is 0. The van der Waals surface area contributed by atoms with Crippen LogP contribution in [0, 0.1) is 12.8 Å². The van der Waals surface area contributed by atoms with Gasteiger partial charge in [-0.3, -0.25) is 4.79 Å². The average Bonchev–Trinajstić information content (AvgIpc) is 2.46. The second kappa shape index (κ2) is 7.21. The molecule has 0 radical (unpaired) electrons. The summed E-state index contributed by atoms with van der Waals surface area (Å²) in [4.78, 5) is 12.3. The maximum absolute atomic E-state index is 12.3. The molecule has 0 heterocycles. The lowest BCUT2D eigenvalue weighted by atomic mass is 9.97. The molecule has 0 aliphatic carbocycles. The third kappa shape index (κ3) is 4.86. The Bertz CT molecular complexity index is 593. The zero-order valence-corrected chi connectivity index (χ0v) is 13.2. The van der Waals surface area contributed by atoms with Crippen molar-refractivity contribution < 1.29 is 4.79 Å². The summed E-state index contributed by atoms with van der Waals surface area (Å²) < 4.78 is 0. The molecule has 0 unspecified atom stereocenters. The fourth-order valence-electron chi connectivity index (χ4n) is 2.50. The minimum atomic E-state index is 0.237. The Balaban J connectivity index is 1.98. The van der Waals surface area contributed by atoms with Crippen molar-refractivity contribution in [2.24, 2.45) is 5.92 Å². The number of hydrogen-bond donors (Lipinski definition) is 0. The first kappa shape index (κ1) is 15.5. The highest BCUT2D eigenvalue weighted by Gasteiger charge is 2.07. The monoisotopic (exact) mass is 280 g/mol.